The Hall–Kier alpha value is -5.27. The third-order valence-electron chi connectivity index (χ3n) is 6.63. The van der Waals surface area contributed by atoms with Gasteiger partial charge < -0.3 is 4.90 Å². The summed E-state index contributed by atoms with van der Waals surface area (Å²) in [6.07, 6.45) is -4.71. The molecule has 3 aromatic carbocycles. The quantitative estimate of drug-likeness (QED) is 0.397. The summed E-state index contributed by atoms with van der Waals surface area (Å²) in [5.41, 5.74) is -0.144. The van der Waals surface area contributed by atoms with Gasteiger partial charge in [0.2, 0.25) is 0 Å². The lowest BCUT2D eigenvalue weighted by molar-refractivity contribution is -0.137. The minimum absolute atomic E-state index is 0.0303. The zero-order chi connectivity index (χ0) is 31.5. The number of alkyl halides is 3. The number of carbonyl (C=O) groups excluding carboxylic acids is 3. The summed E-state index contributed by atoms with van der Waals surface area (Å²) in [5.74, 6) is -1.40. The predicted octanol–water partition coefficient (Wildman–Crippen LogP) is 5.13. The zero-order valence-corrected chi connectivity index (χ0v) is 23.5. The summed E-state index contributed by atoms with van der Waals surface area (Å²) in [7, 11) is -2.08. The largest absolute Gasteiger partial charge is 0.416 e. The highest BCUT2D eigenvalue weighted by atomic mass is 32.2. The van der Waals surface area contributed by atoms with Crippen molar-refractivity contribution in [2.75, 3.05) is 11.4 Å². The Morgan fingerprint density at radius 2 is 1.56 bits per heavy atom. The van der Waals surface area contributed by atoms with Crippen molar-refractivity contribution in [1.82, 2.24) is 9.62 Å². The molecule has 3 amide bonds. The molecule has 1 heterocycles. The standard InChI is InChI=1S/C30H22F3N5O4S/c1-18-27(19(2)39)28(22-10-6-20(15-34)7-11-22)37(17-26(40)36-43(42)25-12-8-21(16-35)9-13-25)29(41)38(18)24-5-3-4-23(14-24)30(31,32)33/h3-14,28H,17H2,1-2H3,(H,36,40)/t28-,43?/m1/s1. The van der Waals surface area contributed by atoms with Gasteiger partial charge in [0.05, 0.1) is 45.5 Å². The van der Waals surface area contributed by atoms with E-state index in [0.717, 1.165) is 28.0 Å². The second-order valence-electron chi connectivity index (χ2n) is 9.42. The van der Waals surface area contributed by atoms with Crippen LogP contribution in [0.3, 0.4) is 0 Å². The number of ketones is 1. The number of halogens is 3. The van der Waals surface area contributed by atoms with Crippen molar-refractivity contribution in [3.63, 3.8) is 0 Å². The van der Waals surface area contributed by atoms with Crippen molar-refractivity contribution >= 4 is 34.4 Å². The summed E-state index contributed by atoms with van der Waals surface area (Å²) in [6.45, 7) is 1.92. The van der Waals surface area contributed by atoms with Crippen molar-refractivity contribution in [1.29, 1.82) is 10.5 Å². The van der Waals surface area contributed by atoms with Gasteiger partial charge in [0, 0.05) is 11.3 Å². The van der Waals surface area contributed by atoms with Crippen molar-refractivity contribution in [2.24, 2.45) is 0 Å². The number of amides is 3. The van der Waals surface area contributed by atoms with Crippen molar-refractivity contribution in [3.8, 4) is 12.1 Å². The second kappa shape index (κ2) is 12.3. The minimum Gasteiger partial charge on any atom is -0.303 e. The fraction of sp³-hybridized carbons (Fsp3) is 0.167. The van der Waals surface area contributed by atoms with Gasteiger partial charge in [-0.1, -0.05) is 18.2 Å². The number of anilines is 1. The molecule has 13 heteroatoms. The Bertz CT molecular complexity index is 1740. The molecule has 0 radical (unpaired) electrons. The lowest BCUT2D eigenvalue weighted by Gasteiger charge is -2.42. The number of hydrogen-bond acceptors (Lipinski definition) is 6. The maximum absolute atomic E-state index is 14.0. The van der Waals surface area contributed by atoms with Crippen LogP contribution >= 0.6 is 0 Å². The van der Waals surface area contributed by atoms with Crippen LogP contribution in [0.25, 0.3) is 0 Å². The highest BCUT2D eigenvalue weighted by Gasteiger charge is 2.42. The van der Waals surface area contributed by atoms with E-state index in [4.69, 9.17) is 5.26 Å². The molecule has 0 aromatic heterocycles. The lowest BCUT2D eigenvalue weighted by Crippen LogP contribution is -2.53. The Morgan fingerprint density at radius 1 is 0.977 bits per heavy atom. The smallest absolute Gasteiger partial charge is 0.303 e. The molecule has 0 saturated carbocycles. The molecule has 1 N–H and O–H groups in total. The molecule has 0 bridgehead atoms. The number of allylic oxidation sites excluding steroid dienone is 1. The number of Topliss-reactive ketones (excluding diaryl/α,β-unsaturated/α-hetero) is 1. The number of benzene rings is 3. The van der Waals surface area contributed by atoms with E-state index in [-0.39, 0.29) is 21.9 Å². The SMILES string of the molecule is CC(=O)C1=C(C)N(c2cccc(C(F)(F)F)c2)C(=O)N(CC(=O)NS(=O)c2ccc(C#N)cc2)[C@@H]1c1ccc(C#N)cc1. The van der Waals surface area contributed by atoms with Crippen molar-refractivity contribution in [2.45, 2.75) is 31.0 Å². The van der Waals surface area contributed by atoms with E-state index >= 15 is 0 Å². The Balaban J connectivity index is 1.79. The van der Waals surface area contributed by atoms with Gasteiger partial charge >= 0.3 is 12.2 Å². The first-order valence-electron chi connectivity index (χ1n) is 12.6. The van der Waals surface area contributed by atoms with E-state index in [9.17, 15) is 37.0 Å². The van der Waals surface area contributed by atoms with E-state index in [1.165, 1.54) is 68.4 Å². The van der Waals surface area contributed by atoms with Gasteiger partial charge in [-0.2, -0.15) is 23.7 Å². The molecule has 43 heavy (non-hydrogen) atoms. The Labute approximate surface area is 247 Å². The first-order valence-corrected chi connectivity index (χ1v) is 13.7. The van der Waals surface area contributed by atoms with E-state index in [0.29, 0.717) is 16.7 Å². The summed E-state index contributed by atoms with van der Waals surface area (Å²) < 4.78 is 55.7. The third kappa shape index (κ3) is 6.47. The van der Waals surface area contributed by atoms with E-state index < -0.39 is 53.0 Å². The molecule has 0 aliphatic carbocycles. The summed E-state index contributed by atoms with van der Waals surface area (Å²) >= 11 is 0. The van der Waals surface area contributed by atoms with E-state index in [1.807, 2.05) is 12.1 Å². The number of rotatable bonds is 7. The predicted molar refractivity (Wildman–Crippen MR) is 149 cm³/mol. The average Bonchev–Trinajstić information content (AvgIpc) is 2.98. The maximum Gasteiger partial charge on any atom is 0.416 e. The molecule has 4 rings (SSSR count). The third-order valence-corrected chi connectivity index (χ3v) is 7.75. The normalized spacial score (nSPS) is 15.9. The monoisotopic (exact) mass is 605 g/mol. The van der Waals surface area contributed by atoms with Crippen molar-refractivity contribution < 1.29 is 31.8 Å². The Morgan fingerprint density at radius 3 is 2.09 bits per heavy atom. The van der Waals surface area contributed by atoms with E-state index in [1.54, 1.807) is 0 Å². The van der Waals surface area contributed by atoms with Crippen LogP contribution in [0.5, 0.6) is 0 Å². The van der Waals surface area contributed by atoms with Gasteiger partial charge in [0.15, 0.2) is 16.8 Å². The summed E-state index contributed by atoms with van der Waals surface area (Å²) in [4.78, 5) is 42.3. The molecule has 0 spiro atoms. The van der Waals surface area contributed by atoms with Crippen LogP contribution in [0.4, 0.5) is 23.7 Å². The van der Waals surface area contributed by atoms with Crippen LogP contribution in [0, 0.1) is 22.7 Å². The Kier molecular flexibility index (Phi) is 8.78. The number of urea groups is 1. The van der Waals surface area contributed by atoms with Gasteiger partial charge in [-0.15, -0.1) is 0 Å². The molecule has 3 aromatic rings. The summed E-state index contributed by atoms with van der Waals surface area (Å²) in [6, 6.07) is 17.3. The molecule has 0 saturated heterocycles. The maximum atomic E-state index is 14.0. The number of nitrogens with zero attached hydrogens (tertiary/aromatic N) is 4. The summed E-state index contributed by atoms with van der Waals surface area (Å²) in [5, 5.41) is 18.2. The fourth-order valence-electron chi connectivity index (χ4n) is 4.68. The fourth-order valence-corrected chi connectivity index (χ4v) is 5.45. The van der Waals surface area contributed by atoms with Gasteiger partial charge in [0.25, 0.3) is 5.91 Å². The van der Waals surface area contributed by atoms with E-state index in [2.05, 4.69) is 4.72 Å². The number of nitrogens with one attached hydrogen (secondary N) is 1. The molecule has 1 aliphatic rings. The molecular weight excluding hydrogens is 583 g/mol. The highest BCUT2D eigenvalue weighted by molar-refractivity contribution is 7.83. The van der Waals surface area contributed by atoms with Crippen LogP contribution in [-0.2, 0) is 26.8 Å². The van der Waals surface area contributed by atoms with Gasteiger partial charge in [-0.3, -0.25) is 19.2 Å². The van der Waals surface area contributed by atoms with Gasteiger partial charge in [-0.25, -0.2) is 9.00 Å². The molecule has 1 unspecified atom stereocenters. The minimum atomic E-state index is -4.71. The van der Waals surface area contributed by atoms with Crippen LogP contribution < -0.4 is 9.62 Å². The molecular formula is C30H22F3N5O4S. The van der Waals surface area contributed by atoms with Gasteiger partial charge in [-0.05, 0) is 74.0 Å². The number of nitriles is 2. The first-order chi connectivity index (χ1) is 20.3. The number of hydrogen-bond donors (Lipinski definition) is 1. The highest BCUT2D eigenvalue weighted by Crippen LogP contribution is 2.41. The molecule has 218 valence electrons. The van der Waals surface area contributed by atoms with Crippen molar-refractivity contribution in [3.05, 3.63) is 106 Å². The van der Waals surface area contributed by atoms with Crippen LogP contribution in [0.2, 0.25) is 0 Å². The van der Waals surface area contributed by atoms with Crippen LogP contribution in [0.1, 0.15) is 42.1 Å². The second-order valence-corrected chi connectivity index (χ2v) is 10.6. The number of carbonyl (C=O) groups is 3. The molecule has 0 fully saturated rings. The molecule has 2 atom stereocenters. The van der Waals surface area contributed by atoms with Crippen LogP contribution in [-0.4, -0.2) is 33.4 Å². The average molecular weight is 606 g/mol. The van der Waals surface area contributed by atoms with Crippen LogP contribution in [0.15, 0.2) is 89.0 Å². The molecule has 9 nitrogen and oxygen atoms in total. The topological polar surface area (TPSA) is 134 Å². The zero-order valence-electron chi connectivity index (χ0n) is 22.7. The molecule has 1 aliphatic heterocycles. The lowest BCUT2D eigenvalue weighted by atomic mass is 9.90. The first kappa shape index (κ1) is 30.7. The van der Waals surface area contributed by atoms with Gasteiger partial charge in [0.1, 0.15) is 6.54 Å².